The average molecular weight is 547 g/mol. The molecule has 3 aromatic rings. The van der Waals surface area contributed by atoms with Gasteiger partial charge in [-0.15, -0.1) is 24.0 Å². The highest BCUT2D eigenvalue weighted by molar-refractivity contribution is 14.0. The number of rotatable bonds is 7. The lowest BCUT2D eigenvalue weighted by molar-refractivity contribution is 0.380. The SMILES string of the molecule is CCNC(=NCc1nc(-c2ccc(Cl)cc2)no1)NCCc1ccc(Cl)nc1.I. The van der Waals surface area contributed by atoms with E-state index >= 15 is 0 Å². The molecule has 0 amide bonds. The fourth-order valence-corrected chi connectivity index (χ4v) is 2.64. The lowest BCUT2D eigenvalue weighted by Gasteiger charge is -2.10. The van der Waals surface area contributed by atoms with Crippen molar-refractivity contribution in [2.24, 2.45) is 4.99 Å². The van der Waals surface area contributed by atoms with Crippen LogP contribution >= 0.6 is 47.2 Å². The summed E-state index contributed by atoms with van der Waals surface area (Å²) in [5, 5.41) is 11.6. The molecule has 10 heteroatoms. The van der Waals surface area contributed by atoms with Crippen LogP contribution < -0.4 is 10.6 Å². The van der Waals surface area contributed by atoms with E-state index in [1.54, 1.807) is 24.4 Å². The van der Waals surface area contributed by atoms with Crippen LogP contribution in [0.2, 0.25) is 10.2 Å². The molecule has 0 bridgehead atoms. The average Bonchev–Trinajstić information content (AvgIpc) is 3.17. The van der Waals surface area contributed by atoms with Gasteiger partial charge in [0.1, 0.15) is 11.7 Å². The molecule has 7 nitrogen and oxygen atoms in total. The molecule has 154 valence electrons. The molecular formula is C19H21Cl2IN6O. The Morgan fingerprint density at radius 3 is 2.59 bits per heavy atom. The minimum atomic E-state index is 0. The van der Waals surface area contributed by atoms with Gasteiger partial charge in [-0.25, -0.2) is 9.98 Å². The molecule has 2 heterocycles. The maximum absolute atomic E-state index is 5.90. The van der Waals surface area contributed by atoms with Crippen molar-refractivity contribution in [1.29, 1.82) is 0 Å². The number of hydrogen-bond acceptors (Lipinski definition) is 5. The third kappa shape index (κ3) is 7.45. The quantitative estimate of drug-likeness (QED) is 0.198. The van der Waals surface area contributed by atoms with E-state index in [9.17, 15) is 0 Å². The van der Waals surface area contributed by atoms with Gasteiger partial charge in [0.05, 0.1) is 0 Å². The second-order valence-corrected chi connectivity index (χ2v) is 6.70. The fraction of sp³-hybridized carbons (Fsp3) is 0.263. The molecule has 0 saturated carbocycles. The number of aliphatic imine (C=N–C) groups is 1. The Morgan fingerprint density at radius 1 is 1.10 bits per heavy atom. The minimum absolute atomic E-state index is 0. The van der Waals surface area contributed by atoms with Crippen LogP contribution in [0.15, 0.2) is 52.1 Å². The molecule has 0 aliphatic heterocycles. The highest BCUT2D eigenvalue weighted by Gasteiger charge is 2.08. The molecule has 1 aromatic carbocycles. The molecule has 0 aliphatic carbocycles. The van der Waals surface area contributed by atoms with E-state index in [4.69, 9.17) is 27.7 Å². The summed E-state index contributed by atoms with van der Waals surface area (Å²) >= 11 is 11.7. The van der Waals surface area contributed by atoms with Gasteiger partial charge >= 0.3 is 0 Å². The van der Waals surface area contributed by atoms with Crippen molar-refractivity contribution in [3.05, 3.63) is 64.2 Å². The number of nitrogens with zero attached hydrogens (tertiary/aromatic N) is 4. The molecule has 3 rings (SSSR count). The van der Waals surface area contributed by atoms with E-state index in [-0.39, 0.29) is 30.5 Å². The van der Waals surface area contributed by atoms with Gasteiger partial charge in [0.25, 0.3) is 0 Å². The summed E-state index contributed by atoms with van der Waals surface area (Å²) in [6, 6.07) is 11.0. The van der Waals surface area contributed by atoms with E-state index in [1.165, 1.54) is 0 Å². The number of halogens is 3. The number of guanidine groups is 1. The summed E-state index contributed by atoms with van der Waals surface area (Å²) in [6.07, 6.45) is 2.57. The highest BCUT2D eigenvalue weighted by Crippen LogP contribution is 2.18. The van der Waals surface area contributed by atoms with Crippen LogP contribution in [0.25, 0.3) is 11.4 Å². The number of benzene rings is 1. The third-order valence-corrected chi connectivity index (χ3v) is 4.26. The molecule has 0 aliphatic rings. The molecule has 2 N–H and O–H groups in total. The number of pyridine rings is 1. The van der Waals surface area contributed by atoms with Crippen LogP contribution in [0.1, 0.15) is 18.4 Å². The lowest BCUT2D eigenvalue weighted by Crippen LogP contribution is -2.38. The Bertz CT molecular complexity index is 915. The Kier molecular flexibility index (Phi) is 9.62. The van der Waals surface area contributed by atoms with Crippen molar-refractivity contribution in [2.45, 2.75) is 19.9 Å². The van der Waals surface area contributed by atoms with Crippen molar-refractivity contribution in [3.63, 3.8) is 0 Å². The first-order valence-electron chi connectivity index (χ1n) is 8.85. The largest absolute Gasteiger partial charge is 0.357 e. The van der Waals surface area contributed by atoms with Gasteiger partial charge < -0.3 is 15.2 Å². The van der Waals surface area contributed by atoms with Crippen molar-refractivity contribution in [2.75, 3.05) is 13.1 Å². The van der Waals surface area contributed by atoms with Gasteiger partial charge in [-0.3, -0.25) is 0 Å². The summed E-state index contributed by atoms with van der Waals surface area (Å²) in [5.41, 5.74) is 1.93. The standard InChI is InChI=1S/C19H20Cl2N6O.HI/c1-2-22-19(23-10-9-13-3-8-16(21)24-11-13)25-12-17-26-18(27-28-17)14-4-6-15(20)7-5-14;/h3-8,11H,2,9-10,12H2,1H3,(H2,22,23,25);1H. The maximum Gasteiger partial charge on any atom is 0.248 e. The zero-order chi connectivity index (χ0) is 19.8. The molecule has 0 fully saturated rings. The Labute approximate surface area is 196 Å². The van der Waals surface area contributed by atoms with Gasteiger partial charge in [0.15, 0.2) is 5.96 Å². The predicted octanol–water partition coefficient (Wildman–Crippen LogP) is 4.35. The Hall–Kier alpha value is -1.91. The topological polar surface area (TPSA) is 88.2 Å². The number of aromatic nitrogens is 3. The third-order valence-electron chi connectivity index (χ3n) is 3.78. The fourth-order valence-electron chi connectivity index (χ4n) is 2.40. The molecule has 0 radical (unpaired) electrons. The highest BCUT2D eigenvalue weighted by atomic mass is 127. The molecule has 0 spiro atoms. The smallest absolute Gasteiger partial charge is 0.248 e. The zero-order valence-corrected chi connectivity index (χ0v) is 19.6. The first-order valence-corrected chi connectivity index (χ1v) is 9.61. The van der Waals surface area contributed by atoms with Crippen molar-refractivity contribution in [3.8, 4) is 11.4 Å². The van der Waals surface area contributed by atoms with Crippen molar-refractivity contribution < 1.29 is 4.52 Å². The van der Waals surface area contributed by atoms with Gasteiger partial charge in [-0.2, -0.15) is 4.98 Å². The zero-order valence-electron chi connectivity index (χ0n) is 15.7. The van der Waals surface area contributed by atoms with E-state index in [0.29, 0.717) is 34.4 Å². The predicted molar refractivity (Wildman–Crippen MR) is 126 cm³/mol. The second kappa shape index (κ2) is 11.9. The van der Waals surface area contributed by atoms with Gasteiger partial charge in [-0.1, -0.05) is 34.4 Å². The number of hydrogen-bond donors (Lipinski definition) is 2. The molecule has 2 aromatic heterocycles. The molecule has 0 saturated heterocycles. The number of nitrogens with one attached hydrogen (secondary N) is 2. The minimum Gasteiger partial charge on any atom is -0.357 e. The van der Waals surface area contributed by atoms with E-state index in [1.807, 2.05) is 25.1 Å². The lowest BCUT2D eigenvalue weighted by atomic mass is 10.2. The summed E-state index contributed by atoms with van der Waals surface area (Å²) in [6.45, 7) is 3.73. The van der Waals surface area contributed by atoms with Crippen LogP contribution in [0.4, 0.5) is 0 Å². The normalized spacial score (nSPS) is 11.1. The summed E-state index contributed by atoms with van der Waals surface area (Å²) in [7, 11) is 0. The summed E-state index contributed by atoms with van der Waals surface area (Å²) in [5.74, 6) is 1.62. The second-order valence-electron chi connectivity index (χ2n) is 5.88. The summed E-state index contributed by atoms with van der Waals surface area (Å²) < 4.78 is 5.29. The van der Waals surface area contributed by atoms with E-state index in [2.05, 4.69) is 30.8 Å². The van der Waals surface area contributed by atoms with Crippen molar-refractivity contribution >= 4 is 53.1 Å². The van der Waals surface area contributed by atoms with Crippen LogP contribution in [0.3, 0.4) is 0 Å². The van der Waals surface area contributed by atoms with Gasteiger partial charge in [0.2, 0.25) is 11.7 Å². The molecule has 29 heavy (non-hydrogen) atoms. The van der Waals surface area contributed by atoms with E-state index < -0.39 is 0 Å². The van der Waals surface area contributed by atoms with Crippen molar-refractivity contribution in [1.82, 2.24) is 25.8 Å². The molecular weight excluding hydrogens is 526 g/mol. The van der Waals surface area contributed by atoms with E-state index in [0.717, 1.165) is 24.1 Å². The van der Waals surface area contributed by atoms with Gasteiger partial charge in [-0.05, 0) is 49.2 Å². The Balaban J connectivity index is 0.00000300. The monoisotopic (exact) mass is 546 g/mol. The Morgan fingerprint density at radius 2 is 1.90 bits per heavy atom. The van der Waals surface area contributed by atoms with Crippen LogP contribution in [0.5, 0.6) is 0 Å². The van der Waals surface area contributed by atoms with Gasteiger partial charge in [0, 0.05) is 29.9 Å². The van der Waals surface area contributed by atoms with Crippen LogP contribution in [-0.2, 0) is 13.0 Å². The first kappa shape index (κ1) is 23.4. The van der Waals surface area contributed by atoms with Crippen LogP contribution in [-0.4, -0.2) is 34.2 Å². The molecule has 0 atom stereocenters. The van der Waals surface area contributed by atoms with Crippen LogP contribution in [0, 0.1) is 0 Å². The summed E-state index contributed by atoms with van der Waals surface area (Å²) in [4.78, 5) is 12.9. The molecule has 0 unspecified atom stereocenters. The first-order chi connectivity index (χ1) is 13.6. The maximum atomic E-state index is 5.90.